The maximum atomic E-state index is 12.4. The van der Waals surface area contributed by atoms with Crippen molar-refractivity contribution in [3.05, 3.63) is 51.8 Å². The molecule has 0 bridgehead atoms. The fraction of sp³-hybridized carbons (Fsp3) is 0.375. The highest BCUT2D eigenvalue weighted by molar-refractivity contribution is 6.05. The predicted octanol–water partition coefficient (Wildman–Crippen LogP) is 3.58. The molecule has 0 aliphatic carbocycles. The first-order valence-corrected chi connectivity index (χ1v) is 7.59. The van der Waals surface area contributed by atoms with Crippen molar-refractivity contribution in [3.63, 3.8) is 0 Å². The molecule has 0 spiro atoms. The fourth-order valence-corrected chi connectivity index (χ4v) is 2.30. The Labute approximate surface area is 134 Å². The minimum Gasteiger partial charge on any atom is -0.320 e. The van der Waals surface area contributed by atoms with E-state index in [2.05, 4.69) is 24.3 Å². The van der Waals surface area contributed by atoms with Crippen LogP contribution in [0.15, 0.2) is 30.5 Å². The summed E-state index contributed by atoms with van der Waals surface area (Å²) in [5, 5.41) is 17.6. The highest BCUT2D eigenvalue weighted by atomic mass is 16.6. The van der Waals surface area contributed by atoms with Crippen LogP contribution in [-0.4, -0.2) is 20.6 Å². The van der Waals surface area contributed by atoms with Crippen molar-refractivity contribution in [2.75, 3.05) is 5.32 Å². The molecule has 2 aromatic rings. The van der Waals surface area contributed by atoms with E-state index in [9.17, 15) is 14.9 Å². The number of amides is 1. The molecule has 2 rings (SSSR count). The van der Waals surface area contributed by atoms with E-state index in [-0.39, 0.29) is 11.4 Å². The van der Waals surface area contributed by atoms with Gasteiger partial charge in [-0.1, -0.05) is 26.0 Å². The molecule has 1 aromatic carbocycles. The normalized spacial score (nSPS) is 12.0. The zero-order valence-electron chi connectivity index (χ0n) is 13.4. The Balaban J connectivity index is 2.22. The lowest BCUT2D eigenvalue weighted by atomic mass is 9.99. The lowest BCUT2D eigenvalue weighted by molar-refractivity contribution is -0.385. The van der Waals surface area contributed by atoms with E-state index in [1.807, 2.05) is 12.1 Å². The van der Waals surface area contributed by atoms with E-state index in [0.29, 0.717) is 18.2 Å². The lowest BCUT2D eigenvalue weighted by Crippen LogP contribution is -2.18. The number of aromatic nitrogens is 2. The van der Waals surface area contributed by atoms with Crippen LogP contribution in [0.5, 0.6) is 0 Å². The van der Waals surface area contributed by atoms with Gasteiger partial charge in [-0.05, 0) is 37.0 Å². The Hall–Kier alpha value is -2.70. The maximum Gasteiger partial charge on any atom is 0.320 e. The first kappa shape index (κ1) is 16.7. The van der Waals surface area contributed by atoms with E-state index in [0.717, 1.165) is 12.6 Å². The van der Waals surface area contributed by atoms with Crippen LogP contribution in [0.3, 0.4) is 0 Å². The van der Waals surface area contributed by atoms with Crippen molar-refractivity contribution in [2.45, 2.75) is 39.7 Å². The minimum atomic E-state index is -0.597. The molecule has 0 aliphatic rings. The largest absolute Gasteiger partial charge is 0.320 e. The molecule has 0 radical (unpaired) electrons. The number of anilines is 1. The van der Waals surface area contributed by atoms with Crippen LogP contribution in [0.25, 0.3) is 0 Å². The predicted molar refractivity (Wildman–Crippen MR) is 87.7 cm³/mol. The molecule has 0 unspecified atom stereocenters. The van der Waals surface area contributed by atoms with Crippen LogP contribution in [0, 0.1) is 10.1 Å². The molecule has 0 aliphatic heterocycles. The number of nitrogens with one attached hydrogen (secondary N) is 1. The molecule has 0 saturated carbocycles. The standard InChI is InChI=1S/C16H20N4O3/c1-4-11(3)12-6-8-13(9-7-12)18-16(21)15-14(20(22)23)10-17-19(15)5-2/h6-11H,4-5H2,1-3H3,(H,18,21)/t11-/m0/s1. The molecule has 122 valence electrons. The second-order valence-corrected chi connectivity index (χ2v) is 5.34. The smallest absolute Gasteiger partial charge is 0.320 e. The van der Waals surface area contributed by atoms with Gasteiger partial charge in [0.25, 0.3) is 5.91 Å². The summed E-state index contributed by atoms with van der Waals surface area (Å²) in [4.78, 5) is 22.8. The van der Waals surface area contributed by atoms with Crippen LogP contribution in [0.1, 0.15) is 49.2 Å². The zero-order chi connectivity index (χ0) is 17.0. The summed E-state index contributed by atoms with van der Waals surface area (Å²) in [6.45, 7) is 6.40. The number of hydrogen-bond donors (Lipinski definition) is 1. The van der Waals surface area contributed by atoms with Crippen molar-refractivity contribution in [1.29, 1.82) is 0 Å². The summed E-state index contributed by atoms with van der Waals surface area (Å²) >= 11 is 0. The summed E-state index contributed by atoms with van der Waals surface area (Å²) in [6, 6.07) is 7.51. The summed E-state index contributed by atoms with van der Waals surface area (Å²) in [5.41, 5.74) is 1.46. The molecule has 1 amide bonds. The van der Waals surface area contributed by atoms with Gasteiger partial charge >= 0.3 is 5.69 Å². The Bertz CT molecular complexity index is 707. The Kier molecular flexibility index (Phi) is 5.10. The third kappa shape index (κ3) is 3.56. The third-order valence-corrected chi connectivity index (χ3v) is 3.88. The number of hydrogen-bond acceptors (Lipinski definition) is 4. The molecular weight excluding hydrogens is 296 g/mol. The molecule has 23 heavy (non-hydrogen) atoms. The Morgan fingerprint density at radius 3 is 2.52 bits per heavy atom. The second kappa shape index (κ2) is 7.04. The number of benzene rings is 1. The molecular formula is C16H20N4O3. The van der Waals surface area contributed by atoms with Gasteiger partial charge in [-0.25, -0.2) is 0 Å². The maximum absolute atomic E-state index is 12.4. The monoisotopic (exact) mass is 316 g/mol. The number of carbonyl (C=O) groups excluding carboxylic acids is 1. The van der Waals surface area contributed by atoms with Crippen LogP contribution < -0.4 is 5.32 Å². The van der Waals surface area contributed by atoms with Gasteiger partial charge in [0.15, 0.2) is 0 Å². The topological polar surface area (TPSA) is 90.1 Å². The number of rotatable bonds is 6. The van der Waals surface area contributed by atoms with Crippen molar-refractivity contribution < 1.29 is 9.72 Å². The number of aryl methyl sites for hydroxylation is 1. The molecule has 0 saturated heterocycles. The minimum absolute atomic E-state index is 0.0384. The summed E-state index contributed by atoms with van der Waals surface area (Å²) < 4.78 is 1.32. The molecule has 1 aromatic heterocycles. The van der Waals surface area contributed by atoms with E-state index >= 15 is 0 Å². The van der Waals surface area contributed by atoms with Crippen LogP contribution >= 0.6 is 0 Å². The van der Waals surface area contributed by atoms with Crippen molar-refractivity contribution in [2.24, 2.45) is 0 Å². The van der Waals surface area contributed by atoms with Crippen LogP contribution in [0.4, 0.5) is 11.4 Å². The van der Waals surface area contributed by atoms with Crippen LogP contribution in [0.2, 0.25) is 0 Å². The van der Waals surface area contributed by atoms with E-state index in [1.54, 1.807) is 19.1 Å². The van der Waals surface area contributed by atoms with Crippen molar-refractivity contribution in [3.8, 4) is 0 Å². The first-order chi connectivity index (χ1) is 11.0. The van der Waals surface area contributed by atoms with Crippen LogP contribution in [-0.2, 0) is 6.54 Å². The number of carbonyl (C=O) groups is 1. The molecule has 7 heteroatoms. The molecule has 0 fully saturated rings. The Morgan fingerprint density at radius 1 is 1.35 bits per heavy atom. The zero-order valence-corrected chi connectivity index (χ0v) is 13.4. The van der Waals surface area contributed by atoms with Gasteiger partial charge in [-0.2, -0.15) is 5.10 Å². The van der Waals surface area contributed by atoms with Gasteiger partial charge < -0.3 is 5.32 Å². The van der Waals surface area contributed by atoms with E-state index < -0.39 is 10.8 Å². The molecule has 1 heterocycles. The number of nitro groups is 1. The molecule has 1 atom stereocenters. The molecule has 1 N–H and O–H groups in total. The van der Waals surface area contributed by atoms with E-state index in [4.69, 9.17) is 0 Å². The highest BCUT2D eigenvalue weighted by Gasteiger charge is 2.26. The quantitative estimate of drug-likeness (QED) is 0.651. The third-order valence-electron chi connectivity index (χ3n) is 3.88. The van der Waals surface area contributed by atoms with Gasteiger partial charge in [0.1, 0.15) is 6.20 Å². The second-order valence-electron chi connectivity index (χ2n) is 5.34. The van der Waals surface area contributed by atoms with Gasteiger partial charge in [0.2, 0.25) is 5.69 Å². The van der Waals surface area contributed by atoms with Gasteiger partial charge in [0, 0.05) is 12.2 Å². The average molecular weight is 316 g/mol. The average Bonchev–Trinajstić information content (AvgIpc) is 2.99. The fourth-order valence-electron chi connectivity index (χ4n) is 2.30. The van der Waals surface area contributed by atoms with Crippen molar-refractivity contribution in [1.82, 2.24) is 9.78 Å². The first-order valence-electron chi connectivity index (χ1n) is 7.59. The highest BCUT2D eigenvalue weighted by Crippen LogP contribution is 2.22. The number of nitrogens with zero attached hydrogens (tertiary/aromatic N) is 3. The van der Waals surface area contributed by atoms with E-state index in [1.165, 1.54) is 10.2 Å². The SMILES string of the molecule is CC[C@H](C)c1ccc(NC(=O)c2c([N+](=O)[O-])cnn2CC)cc1. The summed E-state index contributed by atoms with van der Waals surface area (Å²) in [5.74, 6) is -0.0882. The van der Waals surface area contributed by atoms with Crippen molar-refractivity contribution >= 4 is 17.3 Å². The van der Waals surface area contributed by atoms with Gasteiger partial charge in [-0.3, -0.25) is 19.6 Å². The lowest BCUT2D eigenvalue weighted by Gasteiger charge is -2.10. The Morgan fingerprint density at radius 2 is 2.00 bits per heavy atom. The summed E-state index contributed by atoms with van der Waals surface area (Å²) in [6.07, 6.45) is 2.14. The van der Waals surface area contributed by atoms with Gasteiger partial charge in [-0.15, -0.1) is 0 Å². The molecule has 7 nitrogen and oxygen atoms in total. The van der Waals surface area contributed by atoms with Gasteiger partial charge in [0.05, 0.1) is 4.92 Å². The summed E-state index contributed by atoms with van der Waals surface area (Å²) in [7, 11) is 0.